The Bertz CT molecular complexity index is 177. The summed E-state index contributed by atoms with van der Waals surface area (Å²) in [5, 5.41) is 4.56. The van der Waals surface area contributed by atoms with Crippen molar-refractivity contribution in [3.05, 3.63) is 0 Å². The highest BCUT2D eigenvalue weighted by Crippen LogP contribution is 2.22. The van der Waals surface area contributed by atoms with Crippen LogP contribution in [0, 0.1) is 0 Å². The van der Waals surface area contributed by atoms with Gasteiger partial charge in [-0.3, -0.25) is 0 Å². The lowest BCUT2D eigenvalue weighted by atomic mass is 10.2. The second-order valence-electron chi connectivity index (χ2n) is 4.97. The minimum Gasteiger partial charge on any atom is -0.381 e. The SMILES string of the molecule is C(CNC1CCCC1)CSC1CCOCC1. The van der Waals surface area contributed by atoms with Crippen molar-refractivity contribution < 1.29 is 4.74 Å². The van der Waals surface area contributed by atoms with Gasteiger partial charge in [0.15, 0.2) is 0 Å². The van der Waals surface area contributed by atoms with Gasteiger partial charge in [-0.15, -0.1) is 0 Å². The summed E-state index contributed by atoms with van der Waals surface area (Å²) in [7, 11) is 0. The Balaban J connectivity index is 1.42. The Morgan fingerprint density at radius 3 is 2.56 bits per heavy atom. The van der Waals surface area contributed by atoms with Crippen molar-refractivity contribution in [1.29, 1.82) is 0 Å². The van der Waals surface area contributed by atoms with Gasteiger partial charge in [-0.25, -0.2) is 0 Å². The highest BCUT2D eigenvalue weighted by molar-refractivity contribution is 7.99. The van der Waals surface area contributed by atoms with Crippen molar-refractivity contribution >= 4 is 11.8 Å². The van der Waals surface area contributed by atoms with E-state index in [1.807, 2.05) is 0 Å². The van der Waals surface area contributed by atoms with Gasteiger partial charge < -0.3 is 10.1 Å². The van der Waals surface area contributed by atoms with Crippen molar-refractivity contribution in [2.75, 3.05) is 25.5 Å². The number of hydrogen-bond acceptors (Lipinski definition) is 3. The molecule has 2 aliphatic rings. The maximum Gasteiger partial charge on any atom is 0.0476 e. The van der Waals surface area contributed by atoms with E-state index in [0.717, 1.165) is 24.5 Å². The van der Waals surface area contributed by atoms with E-state index >= 15 is 0 Å². The van der Waals surface area contributed by atoms with E-state index in [1.165, 1.54) is 57.2 Å². The minimum absolute atomic E-state index is 0.841. The molecule has 0 amide bonds. The molecule has 1 aliphatic carbocycles. The van der Waals surface area contributed by atoms with E-state index in [0.29, 0.717) is 0 Å². The molecule has 2 nitrogen and oxygen atoms in total. The van der Waals surface area contributed by atoms with Crippen molar-refractivity contribution in [3.63, 3.8) is 0 Å². The Morgan fingerprint density at radius 2 is 1.81 bits per heavy atom. The zero-order chi connectivity index (χ0) is 11.1. The van der Waals surface area contributed by atoms with Gasteiger partial charge in [0, 0.05) is 24.5 Å². The van der Waals surface area contributed by atoms with Crippen molar-refractivity contribution in [1.82, 2.24) is 5.32 Å². The molecule has 2 rings (SSSR count). The van der Waals surface area contributed by atoms with Crippen molar-refractivity contribution in [2.45, 2.75) is 56.2 Å². The fraction of sp³-hybridized carbons (Fsp3) is 1.00. The Morgan fingerprint density at radius 1 is 1.06 bits per heavy atom. The predicted molar refractivity (Wildman–Crippen MR) is 71.2 cm³/mol. The molecule has 0 unspecified atom stereocenters. The summed E-state index contributed by atoms with van der Waals surface area (Å²) in [6.45, 7) is 3.19. The third-order valence-corrected chi connectivity index (χ3v) is 5.10. The van der Waals surface area contributed by atoms with Gasteiger partial charge in [-0.1, -0.05) is 12.8 Å². The van der Waals surface area contributed by atoms with Gasteiger partial charge in [-0.05, 0) is 44.4 Å². The van der Waals surface area contributed by atoms with E-state index < -0.39 is 0 Å². The molecule has 0 aromatic carbocycles. The normalized spacial score (nSPS) is 24.0. The first kappa shape index (κ1) is 12.7. The van der Waals surface area contributed by atoms with Crippen LogP contribution in [0.25, 0.3) is 0 Å². The van der Waals surface area contributed by atoms with Crippen LogP contribution in [0.4, 0.5) is 0 Å². The van der Waals surface area contributed by atoms with Gasteiger partial charge in [0.2, 0.25) is 0 Å². The molecule has 1 N–H and O–H groups in total. The van der Waals surface area contributed by atoms with Crippen LogP contribution in [0.5, 0.6) is 0 Å². The van der Waals surface area contributed by atoms with Crippen LogP contribution >= 0.6 is 11.8 Å². The largest absolute Gasteiger partial charge is 0.381 e. The first-order chi connectivity index (χ1) is 7.95. The van der Waals surface area contributed by atoms with E-state index in [-0.39, 0.29) is 0 Å². The van der Waals surface area contributed by atoms with Crippen LogP contribution in [0.1, 0.15) is 44.9 Å². The standard InChI is InChI=1S/C13H25NOS/c1-2-5-12(4-1)14-8-3-11-16-13-6-9-15-10-7-13/h12-14H,1-11H2. The molecule has 0 aromatic heterocycles. The topological polar surface area (TPSA) is 21.3 Å². The maximum atomic E-state index is 5.37. The van der Waals surface area contributed by atoms with Crippen molar-refractivity contribution in [2.24, 2.45) is 0 Å². The number of ether oxygens (including phenoxy) is 1. The molecule has 2 fully saturated rings. The van der Waals surface area contributed by atoms with Gasteiger partial charge >= 0.3 is 0 Å². The smallest absolute Gasteiger partial charge is 0.0476 e. The molecule has 0 aromatic rings. The van der Waals surface area contributed by atoms with Crippen LogP contribution in [0.2, 0.25) is 0 Å². The van der Waals surface area contributed by atoms with E-state index in [9.17, 15) is 0 Å². The summed E-state index contributed by atoms with van der Waals surface area (Å²) in [6, 6.07) is 0.841. The molecule has 1 saturated heterocycles. The molecule has 16 heavy (non-hydrogen) atoms. The Labute approximate surface area is 104 Å². The maximum absolute atomic E-state index is 5.37. The van der Waals surface area contributed by atoms with Gasteiger partial charge in [0.1, 0.15) is 0 Å². The summed E-state index contributed by atoms with van der Waals surface area (Å²) in [4.78, 5) is 0. The molecule has 94 valence electrons. The van der Waals surface area contributed by atoms with Gasteiger partial charge in [-0.2, -0.15) is 11.8 Å². The molecule has 3 heteroatoms. The lowest BCUT2D eigenvalue weighted by Crippen LogP contribution is -2.27. The first-order valence-electron chi connectivity index (χ1n) is 6.88. The molecule has 0 atom stereocenters. The van der Waals surface area contributed by atoms with Crippen molar-refractivity contribution in [3.8, 4) is 0 Å². The molecule has 1 saturated carbocycles. The Hall–Kier alpha value is 0.270. The summed E-state index contributed by atoms with van der Waals surface area (Å²) >= 11 is 2.16. The Kier molecular flexibility index (Phi) is 6.02. The van der Waals surface area contributed by atoms with Gasteiger partial charge in [0.05, 0.1) is 0 Å². The summed E-state index contributed by atoms with van der Waals surface area (Å²) in [6.07, 6.45) is 9.56. The van der Waals surface area contributed by atoms with Crippen LogP contribution in [0.15, 0.2) is 0 Å². The molecular formula is C13H25NOS. The fourth-order valence-electron chi connectivity index (χ4n) is 2.60. The van der Waals surface area contributed by atoms with Crippen LogP contribution in [0.3, 0.4) is 0 Å². The predicted octanol–water partition coefficient (Wildman–Crippen LogP) is 2.82. The highest BCUT2D eigenvalue weighted by atomic mass is 32.2. The summed E-state index contributed by atoms with van der Waals surface area (Å²) < 4.78 is 5.37. The van der Waals surface area contributed by atoms with Crippen LogP contribution in [-0.2, 0) is 4.74 Å². The third kappa shape index (κ3) is 4.64. The monoisotopic (exact) mass is 243 g/mol. The molecular weight excluding hydrogens is 218 g/mol. The minimum atomic E-state index is 0.841. The summed E-state index contributed by atoms with van der Waals surface area (Å²) in [5.74, 6) is 1.32. The number of rotatable bonds is 6. The highest BCUT2D eigenvalue weighted by Gasteiger charge is 2.15. The van der Waals surface area contributed by atoms with Crippen LogP contribution < -0.4 is 5.32 Å². The molecule has 1 heterocycles. The average Bonchev–Trinajstić information content (AvgIpc) is 2.83. The van der Waals surface area contributed by atoms with E-state index in [2.05, 4.69) is 17.1 Å². The molecule has 1 aliphatic heterocycles. The van der Waals surface area contributed by atoms with E-state index in [1.54, 1.807) is 0 Å². The third-order valence-electron chi connectivity index (χ3n) is 3.63. The number of hydrogen-bond donors (Lipinski definition) is 1. The lowest BCUT2D eigenvalue weighted by molar-refractivity contribution is 0.100. The van der Waals surface area contributed by atoms with Gasteiger partial charge in [0.25, 0.3) is 0 Å². The fourth-order valence-corrected chi connectivity index (χ4v) is 3.77. The number of nitrogens with one attached hydrogen (secondary N) is 1. The molecule has 0 spiro atoms. The zero-order valence-electron chi connectivity index (χ0n) is 10.2. The van der Waals surface area contributed by atoms with E-state index in [4.69, 9.17) is 4.74 Å². The quantitative estimate of drug-likeness (QED) is 0.725. The van der Waals surface area contributed by atoms with Crippen LogP contribution in [-0.4, -0.2) is 36.8 Å². The first-order valence-corrected chi connectivity index (χ1v) is 7.93. The number of thioether (sulfide) groups is 1. The second-order valence-corrected chi connectivity index (χ2v) is 6.38. The lowest BCUT2D eigenvalue weighted by Gasteiger charge is -2.21. The zero-order valence-corrected chi connectivity index (χ0v) is 11.1. The molecule has 0 bridgehead atoms. The average molecular weight is 243 g/mol. The summed E-state index contributed by atoms with van der Waals surface area (Å²) in [5.41, 5.74) is 0. The second kappa shape index (κ2) is 7.57. The molecule has 0 radical (unpaired) electrons.